The Hall–Kier alpha value is -2.54. The standard InChI is InChI=1S/C19H14Cl2N2O3S/c20-14-6-9-16(10-7-14)27(25,26)23-18-11-8-15(21)12-17(18)19(22-24)13-4-2-1-3-5-13/h1-12,23-24H. The highest BCUT2D eigenvalue weighted by Gasteiger charge is 2.19. The minimum absolute atomic E-state index is 0.0509. The average molecular weight is 421 g/mol. The molecule has 0 aliphatic heterocycles. The summed E-state index contributed by atoms with van der Waals surface area (Å²) in [5, 5.41) is 13.7. The lowest BCUT2D eigenvalue weighted by Crippen LogP contribution is -2.16. The summed E-state index contributed by atoms with van der Waals surface area (Å²) < 4.78 is 27.9. The summed E-state index contributed by atoms with van der Waals surface area (Å²) >= 11 is 11.9. The summed E-state index contributed by atoms with van der Waals surface area (Å²) in [6, 6.07) is 19.2. The van der Waals surface area contributed by atoms with Gasteiger partial charge in [-0.1, -0.05) is 58.7 Å². The Morgan fingerprint density at radius 1 is 0.889 bits per heavy atom. The van der Waals surface area contributed by atoms with Crippen molar-refractivity contribution in [2.24, 2.45) is 5.16 Å². The summed E-state index contributed by atoms with van der Waals surface area (Å²) in [7, 11) is -3.88. The predicted molar refractivity (Wildman–Crippen MR) is 108 cm³/mol. The molecule has 0 amide bonds. The van der Waals surface area contributed by atoms with Gasteiger partial charge < -0.3 is 5.21 Å². The molecule has 0 radical (unpaired) electrons. The van der Waals surface area contributed by atoms with E-state index in [2.05, 4.69) is 9.88 Å². The number of benzene rings is 3. The van der Waals surface area contributed by atoms with E-state index in [4.69, 9.17) is 23.2 Å². The summed E-state index contributed by atoms with van der Waals surface area (Å²) in [4.78, 5) is 0.0509. The lowest BCUT2D eigenvalue weighted by Gasteiger charge is -2.14. The highest BCUT2D eigenvalue weighted by molar-refractivity contribution is 7.92. The lowest BCUT2D eigenvalue weighted by molar-refractivity contribution is 0.319. The second kappa shape index (κ2) is 8.00. The maximum Gasteiger partial charge on any atom is 0.261 e. The number of rotatable bonds is 5. The van der Waals surface area contributed by atoms with Crippen molar-refractivity contribution >= 4 is 44.6 Å². The van der Waals surface area contributed by atoms with Crippen LogP contribution in [0.5, 0.6) is 0 Å². The molecule has 0 atom stereocenters. The smallest absolute Gasteiger partial charge is 0.261 e. The van der Waals surface area contributed by atoms with Gasteiger partial charge in [0, 0.05) is 21.2 Å². The maximum atomic E-state index is 12.7. The van der Waals surface area contributed by atoms with Crippen LogP contribution in [0.15, 0.2) is 82.8 Å². The van der Waals surface area contributed by atoms with Gasteiger partial charge in [0.1, 0.15) is 5.71 Å². The van der Waals surface area contributed by atoms with Crippen molar-refractivity contribution in [3.63, 3.8) is 0 Å². The second-order valence-corrected chi connectivity index (χ2v) is 8.12. The molecule has 138 valence electrons. The van der Waals surface area contributed by atoms with Crippen LogP contribution in [0.2, 0.25) is 10.0 Å². The van der Waals surface area contributed by atoms with Crippen molar-refractivity contribution in [2.75, 3.05) is 4.72 Å². The minimum Gasteiger partial charge on any atom is -0.410 e. The molecule has 0 aromatic heterocycles. The molecule has 0 saturated carbocycles. The molecule has 27 heavy (non-hydrogen) atoms. The van der Waals surface area contributed by atoms with E-state index in [1.807, 2.05) is 6.07 Å². The molecule has 0 aliphatic rings. The molecule has 2 N–H and O–H groups in total. The van der Waals surface area contributed by atoms with E-state index >= 15 is 0 Å². The van der Waals surface area contributed by atoms with E-state index in [0.717, 1.165) is 0 Å². The van der Waals surface area contributed by atoms with Crippen molar-refractivity contribution in [3.8, 4) is 0 Å². The van der Waals surface area contributed by atoms with Gasteiger partial charge >= 0.3 is 0 Å². The van der Waals surface area contributed by atoms with Gasteiger partial charge in [-0.25, -0.2) is 8.42 Å². The van der Waals surface area contributed by atoms with E-state index < -0.39 is 10.0 Å². The largest absolute Gasteiger partial charge is 0.410 e. The molecule has 0 unspecified atom stereocenters. The number of oxime groups is 1. The van der Waals surface area contributed by atoms with Crippen molar-refractivity contribution in [1.82, 2.24) is 0 Å². The molecule has 0 aliphatic carbocycles. The van der Waals surface area contributed by atoms with Crippen molar-refractivity contribution in [3.05, 3.63) is 94.0 Å². The maximum absolute atomic E-state index is 12.7. The fraction of sp³-hybridized carbons (Fsp3) is 0. The first-order valence-electron chi connectivity index (χ1n) is 7.76. The summed E-state index contributed by atoms with van der Waals surface area (Å²) in [6.45, 7) is 0. The molecule has 0 saturated heterocycles. The fourth-order valence-corrected chi connectivity index (χ4v) is 3.86. The van der Waals surface area contributed by atoms with Gasteiger partial charge in [0.2, 0.25) is 0 Å². The minimum atomic E-state index is -3.88. The Morgan fingerprint density at radius 2 is 1.52 bits per heavy atom. The van der Waals surface area contributed by atoms with Crippen LogP contribution in [-0.4, -0.2) is 19.3 Å². The number of anilines is 1. The van der Waals surface area contributed by atoms with Crippen LogP contribution >= 0.6 is 23.2 Å². The summed E-state index contributed by atoms with van der Waals surface area (Å²) in [6.07, 6.45) is 0. The monoisotopic (exact) mass is 420 g/mol. The van der Waals surface area contributed by atoms with Crippen LogP contribution in [0, 0.1) is 0 Å². The van der Waals surface area contributed by atoms with Crippen LogP contribution in [0.1, 0.15) is 11.1 Å². The zero-order valence-electron chi connectivity index (χ0n) is 13.8. The number of nitrogens with zero attached hydrogens (tertiary/aromatic N) is 1. The Labute approximate surface area is 166 Å². The van der Waals surface area contributed by atoms with Crippen molar-refractivity contribution in [2.45, 2.75) is 4.90 Å². The molecular formula is C19H14Cl2N2O3S. The third kappa shape index (κ3) is 4.42. The third-order valence-corrected chi connectivity index (χ3v) is 5.62. The summed E-state index contributed by atoms with van der Waals surface area (Å²) in [5.74, 6) is 0. The van der Waals surface area contributed by atoms with Crippen molar-refractivity contribution in [1.29, 1.82) is 0 Å². The quantitative estimate of drug-likeness (QED) is 0.345. The predicted octanol–water partition coefficient (Wildman–Crippen LogP) is 5.02. The molecule has 8 heteroatoms. The molecule has 0 fully saturated rings. The van der Waals surface area contributed by atoms with E-state index in [9.17, 15) is 13.6 Å². The lowest BCUT2D eigenvalue weighted by atomic mass is 10.0. The molecular weight excluding hydrogens is 407 g/mol. The normalized spacial score (nSPS) is 12.0. The fourth-order valence-electron chi connectivity index (χ4n) is 2.48. The molecule has 3 aromatic rings. The average Bonchev–Trinajstić information content (AvgIpc) is 2.65. The molecule has 0 heterocycles. The van der Waals surface area contributed by atoms with Gasteiger partial charge in [0.25, 0.3) is 10.0 Å². The van der Waals surface area contributed by atoms with Gasteiger partial charge in [-0.05, 0) is 42.5 Å². The Kier molecular flexibility index (Phi) is 5.70. The van der Waals surface area contributed by atoms with Gasteiger partial charge in [-0.3, -0.25) is 4.72 Å². The van der Waals surface area contributed by atoms with E-state index in [-0.39, 0.29) is 16.3 Å². The van der Waals surface area contributed by atoms with Gasteiger partial charge in [-0.15, -0.1) is 0 Å². The van der Waals surface area contributed by atoms with Crippen LogP contribution in [-0.2, 0) is 10.0 Å². The van der Waals surface area contributed by atoms with Gasteiger partial charge in [0.15, 0.2) is 0 Å². The SMILES string of the molecule is O=S(=O)(Nc1ccc(Cl)cc1C(=NO)c1ccccc1)c1ccc(Cl)cc1. The topological polar surface area (TPSA) is 78.8 Å². The number of hydrogen-bond acceptors (Lipinski definition) is 4. The van der Waals surface area contributed by atoms with E-state index in [0.29, 0.717) is 21.2 Å². The first-order valence-corrected chi connectivity index (χ1v) is 10.0. The van der Waals surface area contributed by atoms with E-state index in [1.54, 1.807) is 30.3 Å². The molecule has 0 bridgehead atoms. The highest BCUT2D eigenvalue weighted by atomic mass is 35.5. The van der Waals surface area contributed by atoms with Crippen LogP contribution in [0.25, 0.3) is 0 Å². The van der Waals surface area contributed by atoms with E-state index in [1.165, 1.54) is 36.4 Å². The third-order valence-electron chi connectivity index (χ3n) is 3.75. The molecule has 3 rings (SSSR count). The molecule has 3 aromatic carbocycles. The van der Waals surface area contributed by atoms with Crippen LogP contribution in [0.3, 0.4) is 0 Å². The first kappa shape index (κ1) is 19.2. The Morgan fingerprint density at radius 3 is 2.15 bits per heavy atom. The zero-order valence-corrected chi connectivity index (χ0v) is 16.1. The molecule has 5 nitrogen and oxygen atoms in total. The Balaban J connectivity index is 2.06. The summed E-state index contributed by atoms with van der Waals surface area (Å²) in [5.41, 5.74) is 1.36. The number of halogens is 2. The van der Waals surface area contributed by atoms with Gasteiger partial charge in [0.05, 0.1) is 10.6 Å². The highest BCUT2D eigenvalue weighted by Crippen LogP contribution is 2.27. The van der Waals surface area contributed by atoms with Crippen molar-refractivity contribution < 1.29 is 13.6 Å². The number of nitrogens with one attached hydrogen (secondary N) is 1. The first-order chi connectivity index (χ1) is 12.9. The van der Waals surface area contributed by atoms with Crippen LogP contribution in [0.4, 0.5) is 5.69 Å². The molecule has 0 spiro atoms. The zero-order chi connectivity index (χ0) is 19.4. The second-order valence-electron chi connectivity index (χ2n) is 5.56. The van der Waals surface area contributed by atoms with Gasteiger partial charge in [-0.2, -0.15) is 0 Å². The van der Waals surface area contributed by atoms with Crippen LogP contribution < -0.4 is 4.72 Å². The number of sulfonamides is 1. The Bertz CT molecular complexity index is 1080. The number of hydrogen-bond donors (Lipinski definition) is 2.